The van der Waals surface area contributed by atoms with E-state index in [2.05, 4.69) is 0 Å². The minimum atomic E-state index is -0.571. The lowest BCUT2D eigenvalue weighted by Crippen LogP contribution is -2.24. The normalized spacial score (nSPS) is 28.1. The van der Waals surface area contributed by atoms with E-state index in [1.54, 1.807) is 24.3 Å². The van der Waals surface area contributed by atoms with Crippen molar-refractivity contribution in [1.82, 2.24) is 0 Å². The van der Waals surface area contributed by atoms with Crippen molar-refractivity contribution in [3.63, 3.8) is 0 Å². The SMILES string of the molecule is CC(=O)O[C@@H]1O[C@H](COC(=O)c2ccccc2)C(C)C1C. The van der Waals surface area contributed by atoms with Crippen LogP contribution in [0.3, 0.4) is 0 Å². The molecule has 0 radical (unpaired) electrons. The summed E-state index contributed by atoms with van der Waals surface area (Å²) in [5.41, 5.74) is 0.507. The van der Waals surface area contributed by atoms with Crippen LogP contribution < -0.4 is 0 Å². The predicted molar refractivity (Wildman–Crippen MR) is 75.5 cm³/mol. The molecule has 1 aliphatic heterocycles. The Balaban J connectivity index is 1.89. The van der Waals surface area contributed by atoms with E-state index >= 15 is 0 Å². The molecule has 1 heterocycles. The standard InChI is InChI=1S/C16H20O5/c1-10-11(2)16(20-12(3)17)21-14(10)9-19-15(18)13-7-5-4-6-8-13/h4-8,10-11,14,16H,9H2,1-3H3/t10?,11?,14-,16-/m1/s1. The van der Waals surface area contributed by atoms with Gasteiger partial charge in [0.15, 0.2) is 0 Å². The van der Waals surface area contributed by atoms with Crippen LogP contribution in [0.15, 0.2) is 30.3 Å². The zero-order valence-corrected chi connectivity index (χ0v) is 12.4. The first kappa shape index (κ1) is 15.5. The number of hydrogen-bond acceptors (Lipinski definition) is 5. The molecule has 5 nitrogen and oxygen atoms in total. The topological polar surface area (TPSA) is 61.8 Å². The summed E-state index contributed by atoms with van der Waals surface area (Å²) in [5.74, 6) is -0.553. The molecule has 0 bridgehead atoms. The summed E-state index contributed by atoms with van der Waals surface area (Å²) in [6, 6.07) is 8.80. The molecule has 0 saturated carbocycles. The Morgan fingerprint density at radius 3 is 2.43 bits per heavy atom. The molecule has 1 fully saturated rings. The molecule has 0 aliphatic carbocycles. The molecule has 1 aromatic rings. The van der Waals surface area contributed by atoms with Gasteiger partial charge >= 0.3 is 11.9 Å². The fourth-order valence-electron chi connectivity index (χ4n) is 2.31. The van der Waals surface area contributed by atoms with E-state index in [9.17, 15) is 9.59 Å². The first-order valence-corrected chi connectivity index (χ1v) is 7.04. The molecule has 1 aromatic carbocycles. The monoisotopic (exact) mass is 292 g/mol. The number of rotatable bonds is 4. The van der Waals surface area contributed by atoms with Crippen LogP contribution in [0.4, 0.5) is 0 Å². The molecule has 0 spiro atoms. The molecule has 1 saturated heterocycles. The maximum atomic E-state index is 11.9. The molecular weight excluding hydrogens is 272 g/mol. The van der Waals surface area contributed by atoms with Gasteiger partial charge in [-0.2, -0.15) is 0 Å². The summed E-state index contributed by atoms with van der Waals surface area (Å²) in [6.07, 6.45) is -0.838. The van der Waals surface area contributed by atoms with Crippen LogP contribution in [0.5, 0.6) is 0 Å². The third-order valence-corrected chi connectivity index (χ3v) is 3.82. The number of carbonyl (C=O) groups is 2. The number of benzene rings is 1. The lowest BCUT2D eigenvalue weighted by atomic mass is 9.94. The molecule has 114 valence electrons. The fourth-order valence-corrected chi connectivity index (χ4v) is 2.31. The van der Waals surface area contributed by atoms with Crippen molar-refractivity contribution < 1.29 is 23.8 Å². The summed E-state index contributed by atoms with van der Waals surface area (Å²) in [6.45, 7) is 5.45. The Hall–Kier alpha value is -1.88. The summed E-state index contributed by atoms with van der Waals surface area (Å²) in [4.78, 5) is 22.9. The fraction of sp³-hybridized carbons (Fsp3) is 0.500. The average Bonchev–Trinajstić information content (AvgIpc) is 2.73. The summed E-state index contributed by atoms with van der Waals surface area (Å²) in [5, 5.41) is 0. The van der Waals surface area contributed by atoms with Crippen molar-refractivity contribution in [3.8, 4) is 0 Å². The maximum absolute atomic E-state index is 11.9. The van der Waals surface area contributed by atoms with E-state index in [0.717, 1.165) is 0 Å². The zero-order chi connectivity index (χ0) is 15.4. The summed E-state index contributed by atoms with van der Waals surface area (Å²) >= 11 is 0. The van der Waals surface area contributed by atoms with Crippen LogP contribution in [0.1, 0.15) is 31.1 Å². The van der Waals surface area contributed by atoms with Gasteiger partial charge in [0.05, 0.1) is 11.7 Å². The minimum absolute atomic E-state index is 0.0642. The molecule has 0 amide bonds. The van der Waals surface area contributed by atoms with Gasteiger partial charge in [0.1, 0.15) is 6.61 Å². The van der Waals surface area contributed by atoms with E-state index < -0.39 is 6.29 Å². The highest BCUT2D eigenvalue weighted by molar-refractivity contribution is 5.89. The largest absolute Gasteiger partial charge is 0.459 e. The Morgan fingerprint density at radius 1 is 1.14 bits per heavy atom. The maximum Gasteiger partial charge on any atom is 0.338 e. The van der Waals surface area contributed by atoms with E-state index in [0.29, 0.717) is 5.56 Å². The molecule has 0 N–H and O–H groups in total. The lowest BCUT2D eigenvalue weighted by Gasteiger charge is -2.15. The van der Waals surface area contributed by atoms with E-state index in [1.807, 2.05) is 19.9 Å². The smallest absolute Gasteiger partial charge is 0.338 e. The van der Waals surface area contributed by atoms with Gasteiger partial charge in [-0.05, 0) is 18.1 Å². The molecule has 2 unspecified atom stereocenters. The van der Waals surface area contributed by atoms with Crippen molar-refractivity contribution in [2.24, 2.45) is 11.8 Å². The van der Waals surface area contributed by atoms with Crippen molar-refractivity contribution in [2.45, 2.75) is 33.2 Å². The van der Waals surface area contributed by atoms with Crippen LogP contribution in [0.25, 0.3) is 0 Å². The molecule has 4 atom stereocenters. The van der Waals surface area contributed by atoms with Gasteiger partial charge in [-0.25, -0.2) is 4.79 Å². The quantitative estimate of drug-likeness (QED) is 0.797. The molecule has 21 heavy (non-hydrogen) atoms. The van der Waals surface area contributed by atoms with E-state index in [-0.39, 0.29) is 36.5 Å². The Labute approximate surface area is 124 Å². The second kappa shape index (κ2) is 6.72. The third kappa shape index (κ3) is 3.82. The molecular formula is C16H20O5. The van der Waals surface area contributed by atoms with Crippen molar-refractivity contribution in [1.29, 1.82) is 0 Å². The van der Waals surface area contributed by atoms with Gasteiger partial charge in [0.2, 0.25) is 6.29 Å². The van der Waals surface area contributed by atoms with E-state index in [1.165, 1.54) is 6.92 Å². The average molecular weight is 292 g/mol. The van der Waals surface area contributed by atoms with Gasteiger partial charge in [0.25, 0.3) is 0 Å². The number of carbonyl (C=O) groups excluding carboxylic acids is 2. The molecule has 1 aliphatic rings. The van der Waals surface area contributed by atoms with Gasteiger partial charge in [-0.1, -0.05) is 32.0 Å². The van der Waals surface area contributed by atoms with Crippen LogP contribution in [-0.2, 0) is 19.0 Å². The van der Waals surface area contributed by atoms with Crippen LogP contribution in [0.2, 0.25) is 0 Å². The molecule has 2 rings (SSSR count). The van der Waals surface area contributed by atoms with E-state index in [4.69, 9.17) is 14.2 Å². The number of esters is 2. The van der Waals surface area contributed by atoms with Crippen molar-refractivity contribution in [3.05, 3.63) is 35.9 Å². The summed E-state index contributed by atoms with van der Waals surface area (Å²) < 4.78 is 16.1. The third-order valence-electron chi connectivity index (χ3n) is 3.82. The van der Waals surface area contributed by atoms with Gasteiger partial charge in [-0.15, -0.1) is 0 Å². The van der Waals surface area contributed by atoms with Crippen LogP contribution >= 0.6 is 0 Å². The minimum Gasteiger partial charge on any atom is -0.459 e. The Bertz CT molecular complexity index is 499. The second-order valence-electron chi connectivity index (χ2n) is 5.34. The highest BCUT2D eigenvalue weighted by Crippen LogP contribution is 2.33. The van der Waals surface area contributed by atoms with Gasteiger partial charge in [-0.3, -0.25) is 4.79 Å². The highest BCUT2D eigenvalue weighted by atomic mass is 16.7. The molecule has 0 aromatic heterocycles. The highest BCUT2D eigenvalue weighted by Gasteiger charge is 2.41. The first-order chi connectivity index (χ1) is 9.99. The van der Waals surface area contributed by atoms with Crippen LogP contribution in [-0.4, -0.2) is 30.9 Å². The van der Waals surface area contributed by atoms with Gasteiger partial charge in [0, 0.05) is 12.8 Å². The van der Waals surface area contributed by atoms with Crippen molar-refractivity contribution in [2.75, 3.05) is 6.61 Å². The predicted octanol–water partition coefficient (Wildman–Crippen LogP) is 2.40. The number of hydrogen-bond donors (Lipinski definition) is 0. The van der Waals surface area contributed by atoms with Crippen molar-refractivity contribution >= 4 is 11.9 Å². The number of ether oxygens (including phenoxy) is 3. The first-order valence-electron chi connectivity index (χ1n) is 7.04. The lowest BCUT2D eigenvalue weighted by molar-refractivity contribution is -0.180. The summed E-state index contributed by atoms with van der Waals surface area (Å²) in [7, 11) is 0. The molecule has 5 heteroatoms. The Kier molecular flexibility index (Phi) is 4.96. The van der Waals surface area contributed by atoms with Gasteiger partial charge < -0.3 is 14.2 Å². The zero-order valence-electron chi connectivity index (χ0n) is 12.4. The Morgan fingerprint density at radius 2 is 1.81 bits per heavy atom. The van der Waals surface area contributed by atoms with Crippen LogP contribution in [0, 0.1) is 11.8 Å². The second-order valence-corrected chi connectivity index (χ2v) is 5.34.